The maximum absolute atomic E-state index is 11.7. The molecule has 1 N–H and O–H groups in total. The van der Waals surface area contributed by atoms with Gasteiger partial charge in [0.1, 0.15) is 11.5 Å². The molecule has 0 saturated carbocycles. The van der Waals surface area contributed by atoms with Gasteiger partial charge in [-0.2, -0.15) is 0 Å². The number of carbonyl (C=O) groups is 2. The standard InChI is InChI=1S/C12H14O5/c1-7(13)4-9(14)8-5-11(16-2)12(17-3)6-10(8)15/h5-6,15H,4H2,1-3H3. The summed E-state index contributed by atoms with van der Waals surface area (Å²) in [6, 6.07) is 2.64. The SMILES string of the molecule is COc1cc(O)c(C(=O)CC(C)=O)cc1OC. The summed E-state index contributed by atoms with van der Waals surface area (Å²) >= 11 is 0. The molecule has 5 heteroatoms. The van der Waals surface area contributed by atoms with Crippen molar-refractivity contribution in [3.63, 3.8) is 0 Å². The van der Waals surface area contributed by atoms with Crippen LogP contribution in [0, 0.1) is 0 Å². The van der Waals surface area contributed by atoms with Gasteiger partial charge >= 0.3 is 0 Å². The van der Waals surface area contributed by atoms with Crippen LogP contribution in [-0.2, 0) is 4.79 Å². The van der Waals surface area contributed by atoms with Gasteiger partial charge in [-0.25, -0.2) is 0 Å². The number of ketones is 2. The summed E-state index contributed by atoms with van der Waals surface area (Å²) in [4.78, 5) is 22.5. The van der Waals surface area contributed by atoms with Crippen LogP contribution in [0.3, 0.4) is 0 Å². The van der Waals surface area contributed by atoms with Gasteiger partial charge in [0.2, 0.25) is 0 Å². The van der Waals surface area contributed by atoms with Crippen LogP contribution in [0.4, 0.5) is 0 Å². The number of rotatable bonds is 5. The van der Waals surface area contributed by atoms with Crippen molar-refractivity contribution in [2.45, 2.75) is 13.3 Å². The third kappa shape index (κ3) is 2.96. The zero-order valence-electron chi connectivity index (χ0n) is 9.94. The summed E-state index contributed by atoms with van der Waals surface area (Å²) < 4.78 is 9.98. The molecule has 0 radical (unpaired) electrons. The Balaban J connectivity index is 3.16. The molecule has 0 aliphatic heterocycles. The summed E-state index contributed by atoms with van der Waals surface area (Å²) in [6.07, 6.45) is -0.247. The number of phenolic OH excluding ortho intramolecular Hbond substituents is 1. The van der Waals surface area contributed by atoms with Gasteiger partial charge in [0, 0.05) is 6.07 Å². The van der Waals surface area contributed by atoms with Crippen LogP contribution in [0.1, 0.15) is 23.7 Å². The Kier molecular flexibility index (Phi) is 4.09. The maximum atomic E-state index is 11.7. The second-order valence-electron chi connectivity index (χ2n) is 3.53. The van der Waals surface area contributed by atoms with E-state index in [0.717, 1.165) is 0 Å². The van der Waals surface area contributed by atoms with Crippen molar-refractivity contribution in [3.8, 4) is 17.2 Å². The molecule has 0 aromatic heterocycles. The summed E-state index contributed by atoms with van der Waals surface area (Å²) in [7, 11) is 2.85. The van der Waals surface area contributed by atoms with E-state index in [0.29, 0.717) is 11.5 Å². The van der Waals surface area contributed by atoms with Gasteiger partial charge in [-0.3, -0.25) is 9.59 Å². The lowest BCUT2D eigenvalue weighted by Gasteiger charge is -2.10. The topological polar surface area (TPSA) is 72.8 Å². The van der Waals surface area contributed by atoms with Crippen LogP contribution < -0.4 is 9.47 Å². The van der Waals surface area contributed by atoms with E-state index in [1.165, 1.54) is 33.3 Å². The van der Waals surface area contributed by atoms with Crippen molar-refractivity contribution in [2.75, 3.05) is 14.2 Å². The number of aromatic hydroxyl groups is 1. The fourth-order valence-electron chi connectivity index (χ4n) is 1.41. The van der Waals surface area contributed by atoms with Crippen molar-refractivity contribution in [3.05, 3.63) is 17.7 Å². The maximum Gasteiger partial charge on any atom is 0.174 e. The molecule has 0 fully saturated rings. The van der Waals surface area contributed by atoms with Crippen LogP contribution in [-0.4, -0.2) is 30.9 Å². The molecule has 1 aromatic carbocycles. The van der Waals surface area contributed by atoms with Crippen molar-refractivity contribution < 1.29 is 24.2 Å². The van der Waals surface area contributed by atoms with Gasteiger partial charge in [-0.15, -0.1) is 0 Å². The number of methoxy groups -OCH3 is 2. The Morgan fingerprint density at radius 1 is 1.18 bits per heavy atom. The predicted octanol–water partition coefficient (Wildman–Crippen LogP) is 1.57. The molecule has 1 rings (SSSR count). The first-order valence-electron chi connectivity index (χ1n) is 4.97. The van der Waals surface area contributed by atoms with Crippen molar-refractivity contribution >= 4 is 11.6 Å². The molecule has 0 spiro atoms. The molecule has 0 bridgehead atoms. The fourth-order valence-corrected chi connectivity index (χ4v) is 1.41. The molecule has 17 heavy (non-hydrogen) atoms. The highest BCUT2D eigenvalue weighted by atomic mass is 16.5. The molecular weight excluding hydrogens is 224 g/mol. The van der Waals surface area contributed by atoms with Gasteiger partial charge in [-0.05, 0) is 13.0 Å². The summed E-state index contributed by atoms with van der Waals surface area (Å²) in [5.74, 6) is -0.282. The highest BCUT2D eigenvalue weighted by molar-refractivity contribution is 6.09. The van der Waals surface area contributed by atoms with E-state index < -0.39 is 5.78 Å². The number of benzene rings is 1. The van der Waals surface area contributed by atoms with Crippen molar-refractivity contribution in [1.29, 1.82) is 0 Å². The van der Waals surface area contributed by atoms with E-state index in [1.54, 1.807) is 0 Å². The number of carbonyl (C=O) groups excluding carboxylic acids is 2. The molecule has 1 aromatic rings. The number of phenols is 1. The van der Waals surface area contributed by atoms with E-state index in [2.05, 4.69) is 0 Å². The van der Waals surface area contributed by atoms with Crippen LogP contribution >= 0.6 is 0 Å². The number of Topliss-reactive ketones (excluding diaryl/α,β-unsaturated/α-hetero) is 2. The monoisotopic (exact) mass is 238 g/mol. The molecule has 0 atom stereocenters. The molecular formula is C12H14O5. The predicted molar refractivity (Wildman–Crippen MR) is 60.8 cm³/mol. The normalized spacial score (nSPS) is 9.82. The van der Waals surface area contributed by atoms with Gasteiger partial charge in [0.05, 0.1) is 26.2 Å². The third-order valence-corrected chi connectivity index (χ3v) is 2.21. The third-order valence-electron chi connectivity index (χ3n) is 2.21. The fraction of sp³-hybridized carbons (Fsp3) is 0.333. The molecule has 0 aliphatic carbocycles. The Hall–Kier alpha value is -2.04. The average Bonchev–Trinajstić information content (AvgIpc) is 2.27. The molecule has 92 valence electrons. The van der Waals surface area contributed by atoms with Gasteiger partial charge < -0.3 is 14.6 Å². The lowest BCUT2D eigenvalue weighted by Crippen LogP contribution is -2.06. The summed E-state index contributed by atoms with van der Waals surface area (Å²) in [5.41, 5.74) is 0.0536. The van der Waals surface area contributed by atoms with Crippen LogP contribution in [0.5, 0.6) is 17.2 Å². The number of hydrogen-bond donors (Lipinski definition) is 1. The van der Waals surface area contributed by atoms with Gasteiger partial charge in [0.15, 0.2) is 17.3 Å². The first-order chi connectivity index (χ1) is 7.99. The van der Waals surface area contributed by atoms with E-state index in [-0.39, 0.29) is 23.5 Å². The smallest absolute Gasteiger partial charge is 0.174 e. The first-order valence-corrected chi connectivity index (χ1v) is 4.97. The zero-order valence-corrected chi connectivity index (χ0v) is 9.94. The minimum absolute atomic E-state index is 0.0536. The minimum Gasteiger partial charge on any atom is -0.507 e. The molecule has 0 amide bonds. The Labute approximate surface area is 99.0 Å². The second-order valence-corrected chi connectivity index (χ2v) is 3.53. The molecule has 5 nitrogen and oxygen atoms in total. The largest absolute Gasteiger partial charge is 0.507 e. The van der Waals surface area contributed by atoms with Gasteiger partial charge in [0.25, 0.3) is 0 Å². The van der Waals surface area contributed by atoms with E-state index in [9.17, 15) is 14.7 Å². The van der Waals surface area contributed by atoms with E-state index in [1.807, 2.05) is 0 Å². The Bertz CT molecular complexity index is 450. The molecule has 0 saturated heterocycles. The van der Waals surface area contributed by atoms with E-state index in [4.69, 9.17) is 9.47 Å². The quantitative estimate of drug-likeness (QED) is 0.622. The Morgan fingerprint density at radius 2 is 1.71 bits per heavy atom. The van der Waals surface area contributed by atoms with Crippen LogP contribution in [0.25, 0.3) is 0 Å². The Morgan fingerprint density at radius 3 is 2.18 bits per heavy atom. The summed E-state index contributed by atoms with van der Waals surface area (Å²) in [6.45, 7) is 1.32. The lowest BCUT2D eigenvalue weighted by molar-refractivity contribution is -0.116. The van der Waals surface area contributed by atoms with Crippen LogP contribution in [0.15, 0.2) is 12.1 Å². The first kappa shape index (κ1) is 13.0. The number of hydrogen-bond acceptors (Lipinski definition) is 5. The second kappa shape index (κ2) is 5.34. The highest BCUT2D eigenvalue weighted by Crippen LogP contribution is 2.34. The zero-order chi connectivity index (χ0) is 13.0. The minimum atomic E-state index is -0.448. The van der Waals surface area contributed by atoms with Gasteiger partial charge in [-0.1, -0.05) is 0 Å². The van der Waals surface area contributed by atoms with Crippen molar-refractivity contribution in [1.82, 2.24) is 0 Å². The highest BCUT2D eigenvalue weighted by Gasteiger charge is 2.17. The lowest BCUT2D eigenvalue weighted by atomic mass is 10.0. The molecule has 0 heterocycles. The summed E-state index contributed by atoms with van der Waals surface area (Å²) in [5, 5.41) is 9.66. The molecule has 0 unspecified atom stereocenters. The van der Waals surface area contributed by atoms with E-state index >= 15 is 0 Å². The molecule has 0 aliphatic rings. The average molecular weight is 238 g/mol. The number of ether oxygens (including phenoxy) is 2. The van der Waals surface area contributed by atoms with Crippen LogP contribution in [0.2, 0.25) is 0 Å². The van der Waals surface area contributed by atoms with Crippen molar-refractivity contribution in [2.24, 2.45) is 0 Å².